The molecule has 0 aromatic carbocycles. The molecule has 0 fully saturated rings. The number of ether oxygens (including phenoxy) is 1. The van der Waals surface area contributed by atoms with Crippen LogP contribution in [0.5, 0.6) is 0 Å². The molecule has 0 N–H and O–H groups in total. The van der Waals surface area contributed by atoms with E-state index in [0.29, 0.717) is 0 Å². The Labute approximate surface area is 74.7 Å². The van der Waals surface area contributed by atoms with Crippen molar-refractivity contribution < 1.29 is 4.74 Å². The first kappa shape index (κ1) is 10.8. The third-order valence-corrected chi connectivity index (χ3v) is 1.53. The van der Waals surface area contributed by atoms with Crippen LogP contribution in [-0.2, 0) is 4.74 Å². The Morgan fingerprint density at radius 2 is 1.83 bits per heavy atom. The van der Waals surface area contributed by atoms with Crippen molar-refractivity contribution in [3.8, 4) is 0 Å². The maximum absolute atomic E-state index is 4.98. The van der Waals surface area contributed by atoms with Gasteiger partial charge in [-0.1, -0.05) is 30.9 Å². The summed E-state index contributed by atoms with van der Waals surface area (Å²) in [7, 11) is 1.65. The Hall–Kier alpha value is -1.24. The molecule has 66 valence electrons. The van der Waals surface area contributed by atoms with Crippen molar-refractivity contribution in [3.05, 3.63) is 48.3 Å². The molecule has 0 aliphatic carbocycles. The van der Waals surface area contributed by atoms with Crippen molar-refractivity contribution >= 4 is 0 Å². The summed E-state index contributed by atoms with van der Waals surface area (Å²) in [5.74, 6) is 0.871. The number of rotatable bonds is 4. The van der Waals surface area contributed by atoms with E-state index in [4.69, 9.17) is 4.74 Å². The van der Waals surface area contributed by atoms with Crippen LogP contribution in [0.1, 0.15) is 13.8 Å². The zero-order valence-corrected chi connectivity index (χ0v) is 8.05. The third-order valence-electron chi connectivity index (χ3n) is 1.53. The fourth-order valence-corrected chi connectivity index (χ4v) is 0.660. The minimum atomic E-state index is 0.871. The fraction of sp³-hybridized carbons (Fsp3) is 0.273. The van der Waals surface area contributed by atoms with E-state index in [1.165, 1.54) is 0 Å². The normalized spacial score (nSPS) is 12.6. The molecule has 1 nitrogen and oxygen atoms in total. The zero-order valence-electron chi connectivity index (χ0n) is 8.05. The quantitative estimate of drug-likeness (QED) is 0.458. The minimum absolute atomic E-state index is 0.871. The molecule has 0 aliphatic heterocycles. The SMILES string of the molecule is C=C/C(=C\C=C(/C)OC)C(=C)C. The highest BCUT2D eigenvalue weighted by molar-refractivity contribution is 5.38. The van der Waals surface area contributed by atoms with Gasteiger partial charge in [-0.05, 0) is 25.5 Å². The van der Waals surface area contributed by atoms with Crippen LogP contribution in [-0.4, -0.2) is 7.11 Å². The number of hydrogen-bond acceptors (Lipinski definition) is 1. The molecule has 0 bridgehead atoms. The van der Waals surface area contributed by atoms with Crippen LogP contribution in [0, 0.1) is 0 Å². The van der Waals surface area contributed by atoms with Crippen LogP contribution in [0.25, 0.3) is 0 Å². The van der Waals surface area contributed by atoms with Crippen molar-refractivity contribution in [3.63, 3.8) is 0 Å². The van der Waals surface area contributed by atoms with E-state index in [9.17, 15) is 0 Å². The minimum Gasteiger partial charge on any atom is -0.501 e. The molecule has 0 saturated carbocycles. The molecular formula is C11H16O. The van der Waals surface area contributed by atoms with Crippen molar-refractivity contribution in [1.29, 1.82) is 0 Å². The molecule has 0 heterocycles. The highest BCUT2D eigenvalue weighted by Crippen LogP contribution is 2.08. The van der Waals surface area contributed by atoms with Crippen molar-refractivity contribution in [2.45, 2.75) is 13.8 Å². The molecule has 12 heavy (non-hydrogen) atoms. The molecule has 0 aliphatic rings. The van der Waals surface area contributed by atoms with Crippen LogP contribution >= 0.6 is 0 Å². The van der Waals surface area contributed by atoms with Gasteiger partial charge >= 0.3 is 0 Å². The second kappa shape index (κ2) is 5.42. The Balaban J connectivity index is 4.51. The summed E-state index contributed by atoms with van der Waals surface area (Å²) in [6, 6.07) is 0. The van der Waals surface area contributed by atoms with Gasteiger partial charge in [0.1, 0.15) is 0 Å². The van der Waals surface area contributed by atoms with Crippen LogP contribution in [0.15, 0.2) is 48.3 Å². The smallest absolute Gasteiger partial charge is 0.0924 e. The monoisotopic (exact) mass is 164 g/mol. The van der Waals surface area contributed by atoms with E-state index in [1.54, 1.807) is 13.2 Å². The largest absolute Gasteiger partial charge is 0.501 e. The van der Waals surface area contributed by atoms with Crippen LogP contribution in [0.2, 0.25) is 0 Å². The average molecular weight is 164 g/mol. The van der Waals surface area contributed by atoms with Gasteiger partial charge in [-0.15, -0.1) is 0 Å². The second-order valence-electron chi connectivity index (χ2n) is 2.59. The number of allylic oxidation sites excluding steroid dienone is 6. The standard InChI is InChI=1S/C11H16O/c1-6-11(9(2)3)8-7-10(4)12-5/h6-8H,1-2H2,3-5H3/b10-7+,11-8+. The molecular weight excluding hydrogens is 148 g/mol. The van der Waals surface area contributed by atoms with E-state index >= 15 is 0 Å². The topological polar surface area (TPSA) is 9.23 Å². The van der Waals surface area contributed by atoms with Crippen molar-refractivity contribution in [2.75, 3.05) is 7.11 Å². The van der Waals surface area contributed by atoms with Crippen LogP contribution in [0.3, 0.4) is 0 Å². The predicted octanol–water partition coefficient (Wildman–Crippen LogP) is 3.23. The Morgan fingerprint density at radius 1 is 1.25 bits per heavy atom. The van der Waals surface area contributed by atoms with E-state index in [1.807, 2.05) is 26.0 Å². The summed E-state index contributed by atoms with van der Waals surface area (Å²) < 4.78 is 4.98. The van der Waals surface area contributed by atoms with E-state index in [2.05, 4.69) is 13.2 Å². The highest BCUT2D eigenvalue weighted by atomic mass is 16.5. The van der Waals surface area contributed by atoms with Crippen LogP contribution < -0.4 is 0 Å². The molecule has 0 amide bonds. The Kier molecular flexibility index (Phi) is 4.86. The third kappa shape index (κ3) is 3.81. The first-order valence-corrected chi connectivity index (χ1v) is 3.82. The second-order valence-corrected chi connectivity index (χ2v) is 2.59. The predicted molar refractivity (Wildman–Crippen MR) is 53.9 cm³/mol. The van der Waals surface area contributed by atoms with Gasteiger partial charge in [0.05, 0.1) is 12.9 Å². The number of methoxy groups -OCH3 is 1. The van der Waals surface area contributed by atoms with Crippen molar-refractivity contribution in [1.82, 2.24) is 0 Å². The molecule has 0 aromatic rings. The van der Waals surface area contributed by atoms with E-state index < -0.39 is 0 Å². The van der Waals surface area contributed by atoms with Crippen LogP contribution in [0.4, 0.5) is 0 Å². The summed E-state index contributed by atoms with van der Waals surface area (Å²) in [5, 5.41) is 0. The highest BCUT2D eigenvalue weighted by Gasteiger charge is 1.89. The van der Waals surface area contributed by atoms with Gasteiger partial charge in [0.15, 0.2) is 0 Å². The molecule has 0 spiro atoms. The molecule has 0 unspecified atom stereocenters. The molecule has 1 heteroatoms. The first-order chi connectivity index (χ1) is 5.61. The van der Waals surface area contributed by atoms with Gasteiger partial charge in [0.25, 0.3) is 0 Å². The average Bonchev–Trinajstić information content (AvgIpc) is 2.04. The van der Waals surface area contributed by atoms with Gasteiger partial charge in [-0.3, -0.25) is 0 Å². The Morgan fingerprint density at radius 3 is 2.17 bits per heavy atom. The maximum atomic E-state index is 4.98. The van der Waals surface area contributed by atoms with E-state index in [-0.39, 0.29) is 0 Å². The lowest BCUT2D eigenvalue weighted by atomic mass is 10.1. The summed E-state index contributed by atoms with van der Waals surface area (Å²) in [6.45, 7) is 11.4. The lowest BCUT2D eigenvalue weighted by Gasteiger charge is -1.98. The molecule has 0 radical (unpaired) electrons. The first-order valence-electron chi connectivity index (χ1n) is 3.82. The summed E-state index contributed by atoms with van der Waals surface area (Å²) >= 11 is 0. The zero-order chi connectivity index (χ0) is 9.56. The van der Waals surface area contributed by atoms with Gasteiger partial charge in [0.2, 0.25) is 0 Å². The van der Waals surface area contributed by atoms with E-state index in [0.717, 1.165) is 16.9 Å². The maximum Gasteiger partial charge on any atom is 0.0924 e. The van der Waals surface area contributed by atoms with Gasteiger partial charge in [0, 0.05) is 0 Å². The molecule has 0 rings (SSSR count). The summed E-state index contributed by atoms with van der Waals surface area (Å²) in [4.78, 5) is 0. The fourth-order valence-electron chi connectivity index (χ4n) is 0.660. The Bertz CT molecular complexity index is 231. The summed E-state index contributed by atoms with van der Waals surface area (Å²) in [6.07, 6.45) is 5.61. The number of hydrogen-bond donors (Lipinski definition) is 0. The molecule has 0 atom stereocenters. The molecule has 0 saturated heterocycles. The summed E-state index contributed by atoms with van der Waals surface area (Å²) in [5.41, 5.74) is 2.04. The molecule has 0 aromatic heterocycles. The lowest BCUT2D eigenvalue weighted by Crippen LogP contribution is -1.80. The van der Waals surface area contributed by atoms with Gasteiger partial charge < -0.3 is 4.74 Å². The lowest BCUT2D eigenvalue weighted by molar-refractivity contribution is 0.294. The van der Waals surface area contributed by atoms with Gasteiger partial charge in [-0.25, -0.2) is 0 Å². The van der Waals surface area contributed by atoms with Crippen molar-refractivity contribution in [2.24, 2.45) is 0 Å². The van der Waals surface area contributed by atoms with Gasteiger partial charge in [-0.2, -0.15) is 0 Å².